The number of carbonyl (C=O) groups excluding carboxylic acids is 1. The van der Waals surface area contributed by atoms with Crippen LogP contribution < -0.4 is 5.32 Å². The van der Waals surface area contributed by atoms with E-state index < -0.39 is 0 Å². The predicted octanol–water partition coefficient (Wildman–Crippen LogP) is 4.08. The number of carbonyl (C=O) groups is 1. The molecule has 2 rings (SSSR count). The minimum Gasteiger partial charge on any atom is -0.349 e. The Bertz CT molecular complexity index is 393. The number of hydrogen-bond donors (Lipinski definition) is 1. The van der Waals surface area contributed by atoms with E-state index in [1.165, 1.54) is 18.4 Å². The van der Waals surface area contributed by atoms with Gasteiger partial charge in [-0.3, -0.25) is 4.79 Å². The van der Waals surface area contributed by atoms with Gasteiger partial charge in [-0.05, 0) is 30.7 Å². The summed E-state index contributed by atoms with van der Waals surface area (Å²) < 4.78 is 0. The van der Waals surface area contributed by atoms with E-state index in [2.05, 4.69) is 31.3 Å². The van der Waals surface area contributed by atoms with E-state index in [-0.39, 0.29) is 17.9 Å². The molecule has 0 aromatic heterocycles. The lowest BCUT2D eigenvalue weighted by Crippen LogP contribution is -2.33. The number of benzene rings is 1. The maximum Gasteiger partial charge on any atom is 0.223 e. The summed E-state index contributed by atoms with van der Waals surface area (Å²) in [5.41, 5.74) is 1.22. The third-order valence-electron chi connectivity index (χ3n) is 3.95. The van der Waals surface area contributed by atoms with Crippen LogP contribution in [0.5, 0.6) is 0 Å². The first-order valence-electron chi connectivity index (χ1n) is 7.52. The summed E-state index contributed by atoms with van der Waals surface area (Å²) in [5, 5.41) is 3.27. The van der Waals surface area contributed by atoms with E-state index >= 15 is 0 Å². The van der Waals surface area contributed by atoms with E-state index in [1.807, 2.05) is 18.2 Å². The molecule has 0 saturated heterocycles. The fourth-order valence-corrected chi connectivity index (χ4v) is 2.91. The van der Waals surface area contributed by atoms with Crippen LogP contribution in [0.4, 0.5) is 0 Å². The average molecular weight is 259 g/mol. The summed E-state index contributed by atoms with van der Waals surface area (Å²) in [5.74, 6) is 1.08. The Morgan fingerprint density at radius 3 is 2.42 bits per heavy atom. The first-order valence-corrected chi connectivity index (χ1v) is 7.52. The van der Waals surface area contributed by atoms with Crippen LogP contribution in [-0.2, 0) is 4.79 Å². The highest BCUT2D eigenvalue weighted by Crippen LogP contribution is 2.27. The first-order chi connectivity index (χ1) is 9.16. The molecular formula is C17H25NO. The zero-order valence-electron chi connectivity index (χ0n) is 12.1. The second-order valence-corrected chi connectivity index (χ2v) is 6.08. The summed E-state index contributed by atoms with van der Waals surface area (Å²) in [4.78, 5) is 12.3. The van der Waals surface area contributed by atoms with Crippen LogP contribution in [0.2, 0.25) is 0 Å². The minimum absolute atomic E-state index is 0.161. The van der Waals surface area contributed by atoms with Crippen molar-refractivity contribution in [3.05, 3.63) is 35.9 Å². The molecule has 2 heteroatoms. The fraction of sp³-hybridized carbons (Fsp3) is 0.588. The Hall–Kier alpha value is -1.31. The number of amides is 1. The number of hydrogen-bond acceptors (Lipinski definition) is 1. The average Bonchev–Trinajstić information content (AvgIpc) is 2.92. The molecule has 0 unspecified atom stereocenters. The molecule has 19 heavy (non-hydrogen) atoms. The second-order valence-electron chi connectivity index (χ2n) is 6.08. The second kappa shape index (κ2) is 6.74. The lowest BCUT2D eigenvalue weighted by atomic mass is 9.96. The molecule has 1 N–H and O–H groups in total. The van der Waals surface area contributed by atoms with Crippen LogP contribution in [0.3, 0.4) is 0 Å². The van der Waals surface area contributed by atoms with Crippen LogP contribution in [0.25, 0.3) is 0 Å². The smallest absolute Gasteiger partial charge is 0.223 e. The van der Waals surface area contributed by atoms with Crippen LogP contribution in [0, 0.1) is 11.8 Å². The van der Waals surface area contributed by atoms with Crippen molar-refractivity contribution in [2.75, 3.05) is 0 Å². The van der Waals surface area contributed by atoms with E-state index in [0.717, 1.165) is 19.3 Å². The molecule has 1 fully saturated rings. The van der Waals surface area contributed by atoms with Crippen molar-refractivity contribution in [3.8, 4) is 0 Å². The lowest BCUT2D eigenvalue weighted by molar-refractivity contribution is -0.125. The van der Waals surface area contributed by atoms with Crippen LogP contribution in [0.15, 0.2) is 30.3 Å². The molecule has 2 nitrogen and oxygen atoms in total. The van der Waals surface area contributed by atoms with Gasteiger partial charge in [-0.2, -0.15) is 0 Å². The van der Waals surface area contributed by atoms with E-state index in [4.69, 9.17) is 0 Å². The van der Waals surface area contributed by atoms with Gasteiger partial charge in [-0.15, -0.1) is 0 Å². The molecular weight excluding hydrogens is 234 g/mol. The van der Waals surface area contributed by atoms with Crippen molar-refractivity contribution in [2.24, 2.45) is 11.8 Å². The topological polar surface area (TPSA) is 29.1 Å². The monoisotopic (exact) mass is 259 g/mol. The summed E-state index contributed by atoms with van der Waals surface area (Å²) in [6.07, 6.45) is 5.54. The van der Waals surface area contributed by atoms with E-state index in [0.29, 0.717) is 5.92 Å². The molecule has 1 aliphatic rings. The van der Waals surface area contributed by atoms with Gasteiger partial charge < -0.3 is 5.32 Å². The molecule has 0 bridgehead atoms. The maximum atomic E-state index is 12.3. The molecule has 1 aromatic carbocycles. The van der Waals surface area contributed by atoms with Crippen molar-refractivity contribution in [2.45, 2.75) is 52.0 Å². The number of rotatable bonds is 5. The molecule has 0 heterocycles. The standard InChI is InChI=1S/C17H25NO/c1-13(2)12-16(14-8-4-3-5-9-14)18-17(19)15-10-6-7-11-15/h3-5,8-9,13,15-16H,6-7,10-12H2,1-2H3,(H,18,19)/t16-/m1/s1. The number of nitrogens with one attached hydrogen (secondary N) is 1. The predicted molar refractivity (Wildman–Crippen MR) is 78.7 cm³/mol. The SMILES string of the molecule is CC(C)C[C@@H](NC(=O)C1CCCC1)c1ccccc1. The molecule has 1 aromatic rings. The third-order valence-corrected chi connectivity index (χ3v) is 3.95. The van der Waals surface area contributed by atoms with Gasteiger partial charge in [0.2, 0.25) is 5.91 Å². The third kappa shape index (κ3) is 4.09. The van der Waals surface area contributed by atoms with Crippen molar-refractivity contribution >= 4 is 5.91 Å². The molecule has 104 valence electrons. The highest BCUT2D eigenvalue weighted by molar-refractivity contribution is 5.79. The van der Waals surface area contributed by atoms with Gasteiger partial charge in [0.1, 0.15) is 0 Å². The zero-order chi connectivity index (χ0) is 13.7. The van der Waals surface area contributed by atoms with E-state index in [9.17, 15) is 4.79 Å². The fourth-order valence-electron chi connectivity index (χ4n) is 2.91. The zero-order valence-corrected chi connectivity index (χ0v) is 12.1. The van der Waals surface area contributed by atoms with E-state index in [1.54, 1.807) is 0 Å². The highest BCUT2D eigenvalue weighted by atomic mass is 16.1. The van der Waals surface area contributed by atoms with Crippen molar-refractivity contribution in [1.82, 2.24) is 5.32 Å². The lowest BCUT2D eigenvalue weighted by Gasteiger charge is -2.23. The van der Waals surface area contributed by atoms with Crippen LogP contribution in [-0.4, -0.2) is 5.91 Å². The normalized spacial score (nSPS) is 17.6. The Balaban J connectivity index is 2.03. The summed E-state index contributed by atoms with van der Waals surface area (Å²) in [7, 11) is 0. The van der Waals surface area contributed by atoms with Crippen molar-refractivity contribution in [3.63, 3.8) is 0 Å². The maximum absolute atomic E-state index is 12.3. The molecule has 0 spiro atoms. The quantitative estimate of drug-likeness (QED) is 0.848. The van der Waals surface area contributed by atoms with Gasteiger partial charge in [0, 0.05) is 5.92 Å². The Kier molecular flexibility index (Phi) is 5.00. The highest BCUT2D eigenvalue weighted by Gasteiger charge is 2.25. The minimum atomic E-state index is 0.161. The van der Waals surface area contributed by atoms with Gasteiger partial charge in [0.25, 0.3) is 0 Å². The molecule has 1 amide bonds. The molecule has 1 atom stereocenters. The molecule has 0 aliphatic heterocycles. The molecule has 1 saturated carbocycles. The Morgan fingerprint density at radius 2 is 1.84 bits per heavy atom. The van der Waals surface area contributed by atoms with Crippen LogP contribution >= 0.6 is 0 Å². The summed E-state index contributed by atoms with van der Waals surface area (Å²) in [6, 6.07) is 10.5. The van der Waals surface area contributed by atoms with Gasteiger partial charge >= 0.3 is 0 Å². The van der Waals surface area contributed by atoms with Gasteiger partial charge in [0.15, 0.2) is 0 Å². The van der Waals surface area contributed by atoms with Gasteiger partial charge in [0.05, 0.1) is 6.04 Å². The molecule has 1 aliphatic carbocycles. The Morgan fingerprint density at radius 1 is 1.21 bits per heavy atom. The largest absolute Gasteiger partial charge is 0.349 e. The van der Waals surface area contributed by atoms with Crippen LogP contribution in [0.1, 0.15) is 57.6 Å². The summed E-state index contributed by atoms with van der Waals surface area (Å²) in [6.45, 7) is 4.41. The van der Waals surface area contributed by atoms with Gasteiger partial charge in [-0.1, -0.05) is 57.0 Å². The molecule has 0 radical (unpaired) electrons. The van der Waals surface area contributed by atoms with Crippen molar-refractivity contribution in [1.29, 1.82) is 0 Å². The summed E-state index contributed by atoms with van der Waals surface area (Å²) >= 11 is 0. The van der Waals surface area contributed by atoms with Crippen molar-refractivity contribution < 1.29 is 4.79 Å². The Labute approximate surface area is 116 Å². The first kappa shape index (κ1) is 14.1. The van der Waals surface area contributed by atoms with Gasteiger partial charge in [-0.25, -0.2) is 0 Å².